The molecule has 0 spiro atoms. The summed E-state index contributed by atoms with van der Waals surface area (Å²) in [4.78, 5) is 11.1. The van der Waals surface area contributed by atoms with E-state index < -0.39 is 5.97 Å². The first-order chi connectivity index (χ1) is 8.11. The quantitative estimate of drug-likeness (QED) is 0.630. The molecule has 0 aliphatic carbocycles. The summed E-state index contributed by atoms with van der Waals surface area (Å²) in [5.41, 5.74) is 7.11. The summed E-state index contributed by atoms with van der Waals surface area (Å²) >= 11 is 0. The van der Waals surface area contributed by atoms with Gasteiger partial charge in [-0.2, -0.15) is 0 Å². The van der Waals surface area contributed by atoms with Gasteiger partial charge in [0, 0.05) is 11.8 Å². The first kappa shape index (κ1) is 13.2. The molecule has 0 aliphatic heterocycles. The predicted octanol–water partition coefficient (Wildman–Crippen LogP) is 2.16. The molecular weight excluding hydrogens is 221 g/mol. The highest BCUT2D eigenvalue weighted by Gasteiger charge is 2.00. The first-order valence-electron chi connectivity index (χ1n) is 5.49. The lowest BCUT2D eigenvalue weighted by atomic mass is 10.1. The Labute approximate surface area is 100 Å². The van der Waals surface area contributed by atoms with Gasteiger partial charge < -0.3 is 10.5 Å². The third kappa shape index (κ3) is 5.15. The van der Waals surface area contributed by atoms with E-state index in [1.165, 1.54) is 18.2 Å². The molecule has 0 aliphatic rings. The van der Waals surface area contributed by atoms with Crippen molar-refractivity contribution in [1.29, 1.82) is 0 Å². The summed E-state index contributed by atoms with van der Waals surface area (Å²) in [6, 6.07) is 6.21. The summed E-state index contributed by atoms with van der Waals surface area (Å²) in [6.45, 7) is 2.07. The number of nitrogens with two attached hydrogens (primary N) is 1. The van der Waals surface area contributed by atoms with Crippen LogP contribution in [0.4, 0.5) is 4.39 Å². The Kier molecular flexibility index (Phi) is 5.20. The Balaban J connectivity index is 2.45. The molecule has 0 saturated carbocycles. The van der Waals surface area contributed by atoms with E-state index in [1.807, 2.05) is 0 Å². The summed E-state index contributed by atoms with van der Waals surface area (Å²) in [7, 11) is 0. The van der Waals surface area contributed by atoms with Crippen molar-refractivity contribution >= 4 is 5.97 Å². The molecule has 0 heterocycles. The lowest BCUT2D eigenvalue weighted by molar-refractivity contribution is -0.137. The second-order valence-corrected chi connectivity index (χ2v) is 3.60. The topological polar surface area (TPSA) is 52.3 Å². The van der Waals surface area contributed by atoms with E-state index in [1.54, 1.807) is 19.1 Å². The van der Waals surface area contributed by atoms with Crippen LogP contribution in [-0.4, -0.2) is 12.6 Å². The number of hydrogen-bond acceptors (Lipinski definition) is 3. The zero-order valence-electron chi connectivity index (χ0n) is 9.78. The van der Waals surface area contributed by atoms with Crippen molar-refractivity contribution in [2.75, 3.05) is 6.61 Å². The molecule has 0 atom stereocenters. The smallest absolute Gasteiger partial charge is 0.332 e. The number of rotatable bonds is 5. The van der Waals surface area contributed by atoms with Crippen LogP contribution in [0.2, 0.25) is 0 Å². The fourth-order valence-electron chi connectivity index (χ4n) is 1.35. The molecule has 0 bridgehead atoms. The van der Waals surface area contributed by atoms with Gasteiger partial charge in [-0.05, 0) is 37.5 Å². The molecule has 0 amide bonds. The second-order valence-electron chi connectivity index (χ2n) is 3.60. The van der Waals surface area contributed by atoms with E-state index in [0.717, 1.165) is 5.56 Å². The van der Waals surface area contributed by atoms with Crippen LogP contribution in [0.5, 0.6) is 0 Å². The molecule has 0 unspecified atom stereocenters. The summed E-state index contributed by atoms with van der Waals surface area (Å²) in [6.07, 6.45) is 2.50. The fourth-order valence-corrected chi connectivity index (χ4v) is 1.35. The van der Waals surface area contributed by atoms with E-state index in [0.29, 0.717) is 25.1 Å². The molecule has 4 heteroatoms. The molecular formula is C13H16FNO2. The van der Waals surface area contributed by atoms with Gasteiger partial charge in [0.2, 0.25) is 0 Å². The maximum absolute atomic E-state index is 12.6. The van der Waals surface area contributed by atoms with E-state index >= 15 is 0 Å². The number of esters is 1. The third-order valence-corrected chi connectivity index (χ3v) is 2.21. The number of aryl methyl sites for hydroxylation is 1. The molecule has 0 saturated heterocycles. The predicted molar refractivity (Wildman–Crippen MR) is 63.6 cm³/mol. The van der Waals surface area contributed by atoms with E-state index in [4.69, 9.17) is 10.5 Å². The van der Waals surface area contributed by atoms with Crippen molar-refractivity contribution in [1.82, 2.24) is 0 Å². The maximum atomic E-state index is 12.6. The normalized spacial score (nSPS) is 11.3. The lowest BCUT2D eigenvalue weighted by Crippen LogP contribution is -2.06. The highest BCUT2D eigenvalue weighted by atomic mass is 19.1. The van der Waals surface area contributed by atoms with Crippen molar-refractivity contribution in [3.8, 4) is 0 Å². The van der Waals surface area contributed by atoms with Crippen molar-refractivity contribution in [2.24, 2.45) is 5.73 Å². The minimum absolute atomic E-state index is 0.260. The van der Waals surface area contributed by atoms with Gasteiger partial charge in [0.05, 0.1) is 6.61 Å². The van der Waals surface area contributed by atoms with Crippen LogP contribution < -0.4 is 5.73 Å². The van der Waals surface area contributed by atoms with E-state index in [2.05, 4.69) is 0 Å². The first-order valence-corrected chi connectivity index (χ1v) is 5.49. The van der Waals surface area contributed by atoms with Crippen LogP contribution in [0, 0.1) is 5.82 Å². The number of halogens is 1. The monoisotopic (exact) mass is 237 g/mol. The van der Waals surface area contributed by atoms with Crippen LogP contribution in [0.1, 0.15) is 18.9 Å². The number of ether oxygens (including phenoxy) is 1. The van der Waals surface area contributed by atoms with Gasteiger partial charge in [-0.25, -0.2) is 9.18 Å². The van der Waals surface area contributed by atoms with Gasteiger partial charge in [-0.1, -0.05) is 12.1 Å². The summed E-state index contributed by atoms with van der Waals surface area (Å²) < 4.78 is 17.4. The third-order valence-electron chi connectivity index (χ3n) is 2.21. The molecule has 0 radical (unpaired) electrons. The SMILES string of the molecule is CCOC(=O)/C=C(/N)CCc1ccc(F)cc1. The Morgan fingerprint density at radius 3 is 2.65 bits per heavy atom. The van der Waals surface area contributed by atoms with Gasteiger partial charge in [0.25, 0.3) is 0 Å². The minimum Gasteiger partial charge on any atom is -0.463 e. The Morgan fingerprint density at radius 1 is 1.41 bits per heavy atom. The van der Waals surface area contributed by atoms with Gasteiger partial charge in [0.1, 0.15) is 5.82 Å². The van der Waals surface area contributed by atoms with Gasteiger partial charge >= 0.3 is 5.97 Å². The highest BCUT2D eigenvalue weighted by molar-refractivity contribution is 5.82. The van der Waals surface area contributed by atoms with E-state index in [9.17, 15) is 9.18 Å². The molecule has 2 N–H and O–H groups in total. The van der Waals surface area contributed by atoms with Crippen LogP contribution >= 0.6 is 0 Å². The number of carbonyl (C=O) groups excluding carboxylic acids is 1. The molecule has 17 heavy (non-hydrogen) atoms. The van der Waals surface area contributed by atoms with Gasteiger partial charge in [0.15, 0.2) is 0 Å². The van der Waals surface area contributed by atoms with Gasteiger partial charge in [-0.3, -0.25) is 0 Å². The molecule has 1 rings (SSSR count). The molecule has 0 fully saturated rings. The molecule has 1 aromatic carbocycles. The molecule has 0 aromatic heterocycles. The number of hydrogen-bond donors (Lipinski definition) is 1. The van der Waals surface area contributed by atoms with Crippen molar-refractivity contribution in [3.05, 3.63) is 47.4 Å². The van der Waals surface area contributed by atoms with Crippen molar-refractivity contribution in [3.63, 3.8) is 0 Å². The summed E-state index contributed by atoms with van der Waals surface area (Å²) in [5.74, 6) is -0.687. The van der Waals surface area contributed by atoms with Crippen LogP contribution in [-0.2, 0) is 16.0 Å². The van der Waals surface area contributed by atoms with Crippen molar-refractivity contribution in [2.45, 2.75) is 19.8 Å². The average molecular weight is 237 g/mol. The second kappa shape index (κ2) is 6.68. The maximum Gasteiger partial charge on any atom is 0.332 e. The van der Waals surface area contributed by atoms with E-state index in [-0.39, 0.29) is 5.82 Å². The average Bonchev–Trinajstić information content (AvgIpc) is 2.28. The van der Waals surface area contributed by atoms with Gasteiger partial charge in [-0.15, -0.1) is 0 Å². The standard InChI is InChI=1S/C13H16FNO2/c1-2-17-13(16)9-12(15)8-5-10-3-6-11(14)7-4-10/h3-4,6-7,9H,2,5,8,15H2,1H3/b12-9+. The zero-order chi connectivity index (χ0) is 12.7. The fraction of sp³-hybridized carbons (Fsp3) is 0.308. The van der Waals surface area contributed by atoms with Crippen LogP contribution in [0.25, 0.3) is 0 Å². The molecule has 1 aromatic rings. The Bertz CT molecular complexity index is 398. The Morgan fingerprint density at radius 2 is 2.06 bits per heavy atom. The lowest BCUT2D eigenvalue weighted by Gasteiger charge is -2.02. The number of benzene rings is 1. The molecule has 3 nitrogen and oxygen atoms in total. The summed E-state index contributed by atoms with van der Waals surface area (Å²) in [5, 5.41) is 0. The molecule has 92 valence electrons. The minimum atomic E-state index is -0.427. The van der Waals surface area contributed by atoms with Crippen LogP contribution in [0.15, 0.2) is 36.0 Å². The van der Waals surface area contributed by atoms with Crippen LogP contribution in [0.3, 0.4) is 0 Å². The zero-order valence-corrected chi connectivity index (χ0v) is 9.78. The largest absolute Gasteiger partial charge is 0.463 e. The highest BCUT2D eigenvalue weighted by Crippen LogP contribution is 2.07. The van der Waals surface area contributed by atoms with Crippen molar-refractivity contribution < 1.29 is 13.9 Å². The Hall–Kier alpha value is -1.84. The number of carbonyl (C=O) groups is 1. The number of allylic oxidation sites excluding steroid dienone is 1.